The summed E-state index contributed by atoms with van der Waals surface area (Å²) in [4.78, 5) is 10.4. The van der Waals surface area contributed by atoms with Gasteiger partial charge >= 0.3 is 0 Å². The lowest BCUT2D eigenvalue weighted by molar-refractivity contribution is -0.127. The molecule has 0 rings (SSSR count). The van der Waals surface area contributed by atoms with Gasteiger partial charge in [-0.15, -0.1) is 12.4 Å². The lowest BCUT2D eigenvalue weighted by Gasteiger charge is -2.17. The highest BCUT2D eigenvalue weighted by atomic mass is 35.5. The molecule has 0 bridgehead atoms. The van der Waals surface area contributed by atoms with Gasteiger partial charge in [0.15, 0.2) is 0 Å². The molecule has 12 heavy (non-hydrogen) atoms. The Balaban J connectivity index is 0. The Bertz CT molecular complexity index is 141. The molecule has 0 aliphatic carbocycles. The molecule has 5 N–H and O–H groups in total. The van der Waals surface area contributed by atoms with E-state index in [0.717, 1.165) is 0 Å². The number of hydrogen-bond acceptors (Lipinski definition) is 3. The number of carbonyl (C=O) groups excluding carboxylic acids is 1. The van der Waals surface area contributed by atoms with Crippen LogP contribution in [0.5, 0.6) is 0 Å². The van der Waals surface area contributed by atoms with Crippen molar-refractivity contribution in [1.29, 1.82) is 0 Å². The van der Waals surface area contributed by atoms with Gasteiger partial charge in [-0.25, -0.2) is 0 Å². The zero-order valence-corrected chi connectivity index (χ0v) is 8.17. The third kappa shape index (κ3) is 5.35. The van der Waals surface area contributed by atoms with E-state index in [1.54, 1.807) is 0 Å². The quantitative estimate of drug-likeness (QED) is 0.573. The summed E-state index contributed by atoms with van der Waals surface area (Å²) in [6, 6.07) is -0.535. The van der Waals surface area contributed by atoms with E-state index in [2.05, 4.69) is 0 Å². The molecule has 0 saturated carbocycles. The number of hydrogen-bond donors (Lipinski definition) is 3. The number of aliphatic hydroxyl groups excluding tert-OH is 1. The Morgan fingerprint density at radius 2 is 1.92 bits per heavy atom. The fourth-order valence-electron chi connectivity index (χ4n) is 0.884. The van der Waals surface area contributed by atoms with E-state index in [-0.39, 0.29) is 12.4 Å². The molecule has 0 aromatic carbocycles. The standard InChI is InChI=1S/C7H16N2O2.ClH/c1-4(2)3-5(8)6(10)7(9)11;/h4-6,10H,3,8H2,1-2H3,(H2,9,11);1H/t5-,6+;/m1./s1. The van der Waals surface area contributed by atoms with Crippen LogP contribution in [0.4, 0.5) is 0 Å². The Labute approximate surface area is 78.7 Å². The number of amides is 1. The van der Waals surface area contributed by atoms with Crippen LogP contribution < -0.4 is 11.5 Å². The van der Waals surface area contributed by atoms with Crippen molar-refractivity contribution in [3.8, 4) is 0 Å². The summed E-state index contributed by atoms with van der Waals surface area (Å²) < 4.78 is 0. The molecular formula is C7H17ClN2O2. The van der Waals surface area contributed by atoms with Crippen LogP contribution in [0, 0.1) is 5.92 Å². The van der Waals surface area contributed by atoms with Gasteiger partial charge in [-0.05, 0) is 12.3 Å². The van der Waals surface area contributed by atoms with Gasteiger partial charge in [-0.2, -0.15) is 0 Å². The Morgan fingerprint density at radius 3 is 2.17 bits per heavy atom. The van der Waals surface area contributed by atoms with Gasteiger partial charge in [-0.3, -0.25) is 4.79 Å². The van der Waals surface area contributed by atoms with Gasteiger partial charge in [0.25, 0.3) is 0 Å². The smallest absolute Gasteiger partial charge is 0.247 e. The van der Waals surface area contributed by atoms with E-state index < -0.39 is 18.1 Å². The molecule has 0 radical (unpaired) electrons. The van der Waals surface area contributed by atoms with E-state index in [1.165, 1.54) is 0 Å². The molecule has 0 spiro atoms. The van der Waals surface area contributed by atoms with Crippen LogP contribution in [0.3, 0.4) is 0 Å². The first kappa shape index (κ1) is 14.2. The van der Waals surface area contributed by atoms with Gasteiger partial charge in [0.1, 0.15) is 6.10 Å². The number of primary amides is 1. The summed E-state index contributed by atoms with van der Waals surface area (Å²) in [5, 5.41) is 9.04. The fourth-order valence-corrected chi connectivity index (χ4v) is 0.884. The van der Waals surface area contributed by atoms with Gasteiger partial charge in [0, 0.05) is 6.04 Å². The average molecular weight is 197 g/mol. The predicted molar refractivity (Wildman–Crippen MR) is 49.9 cm³/mol. The molecule has 0 saturated heterocycles. The van der Waals surface area contributed by atoms with E-state index in [1.807, 2.05) is 13.8 Å². The van der Waals surface area contributed by atoms with E-state index in [0.29, 0.717) is 12.3 Å². The highest BCUT2D eigenvalue weighted by molar-refractivity contribution is 5.85. The van der Waals surface area contributed by atoms with Gasteiger partial charge in [0.05, 0.1) is 0 Å². The molecule has 0 fully saturated rings. The number of carbonyl (C=O) groups is 1. The molecule has 0 aliphatic rings. The number of rotatable bonds is 4. The van der Waals surface area contributed by atoms with Crippen molar-refractivity contribution in [1.82, 2.24) is 0 Å². The van der Waals surface area contributed by atoms with Crippen LogP contribution in [0.2, 0.25) is 0 Å². The number of aliphatic hydroxyl groups is 1. The largest absolute Gasteiger partial charge is 0.382 e. The minimum atomic E-state index is -1.21. The molecule has 4 nitrogen and oxygen atoms in total. The third-order valence-electron chi connectivity index (χ3n) is 1.44. The van der Waals surface area contributed by atoms with Crippen LogP contribution >= 0.6 is 12.4 Å². The van der Waals surface area contributed by atoms with Gasteiger partial charge in [0.2, 0.25) is 5.91 Å². The summed E-state index contributed by atoms with van der Waals surface area (Å²) >= 11 is 0. The summed E-state index contributed by atoms with van der Waals surface area (Å²) in [6.07, 6.45) is -0.609. The Kier molecular flexibility index (Phi) is 7.37. The molecular weight excluding hydrogens is 180 g/mol. The zero-order valence-electron chi connectivity index (χ0n) is 7.36. The molecule has 0 aliphatic heterocycles. The van der Waals surface area contributed by atoms with Crippen LogP contribution in [0.15, 0.2) is 0 Å². The van der Waals surface area contributed by atoms with Crippen molar-refractivity contribution in [2.75, 3.05) is 0 Å². The van der Waals surface area contributed by atoms with Crippen molar-refractivity contribution in [3.63, 3.8) is 0 Å². The first-order valence-electron chi connectivity index (χ1n) is 3.68. The molecule has 0 aromatic heterocycles. The second-order valence-electron chi connectivity index (χ2n) is 3.14. The van der Waals surface area contributed by atoms with Crippen molar-refractivity contribution in [3.05, 3.63) is 0 Å². The van der Waals surface area contributed by atoms with E-state index >= 15 is 0 Å². The van der Waals surface area contributed by atoms with Gasteiger partial charge in [-0.1, -0.05) is 13.8 Å². The van der Waals surface area contributed by atoms with Crippen molar-refractivity contribution in [2.45, 2.75) is 32.4 Å². The first-order valence-corrected chi connectivity index (χ1v) is 3.68. The molecule has 0 unspecified atom stereocenters. The average Bonchev–Trinajstić information content (AvgIpc) is 1.84. The van der Waals surface area contributed by atoms with Gasteiger partial charge < -0.3 is 16.6 Å². The van der Waals surface area contributed by atoms with Crippen molar-refractivity contribution >= 4 is 18.3 Å². The number of halogens is 1. The predicted octanol–water partition coefficient (Wildman–Crippen LogP) is -0.372. The van der Waals surface area contributed by atoms with Crippen LogP contribution in [0.1, 0.15) is 20.3 Å². The maximum atomic E-state index is 10.4. The molecule has 2 atom stereocenters. The Hall–Kier alpha value is -0.320. The molecule has 0 heterocycles. The molecule has 74 valence electrons. The minimum Gasteiger partial charge on any atom is -0.382 e. The first-order chi connectivity index (χ1) is 4.95. The van der Waals surface area contributed by atoms with Crippen LogP contribution in [-0.4, -0.2) is 23.2 Å². The number of nitrogens with two attached hydrogens (primary N) is 2. The zero-order chi connectivity index (χ0) is 9.02. The second-order valence-corrected chi connectivity index (χ2v) is 3.14. The third-order valence-corrected chi connectivity index (χ3v) is 1.44. The SMILES string of the molecule is CC(C)C[C@@H](N)[C@H](O)C(N)=O.Cl. The highest BCUT2D eigenvalue weighted by Gasteiger charge is 2.20. The lowest BCUT2D eigenvalue weighted by atomic mass is 10.00. The monoisotopic (exact) mass is 196 g/mol. The molecule has 0 aromatic rings. The van der Waals surface area contributed by atoms with Crippen molar-refractivity contribution < 1.29 is 9.90 Å². The topological polar surface area (TPSA) is 89.3 Å². The van der Waals surface area contributed by atoms with Crippen LogP contribution in [0.25, 0.3) is 0 Å². The summed E-state index contributed by atoms with van der Waals surface area (Å²) in [6.45, 7) is 3.93. The maximum Gasteiger partial charge on any atom is 0.247 e. The maximum absolute atomic E-state index is 10.4. The summed E-state index contributed by atoms with van der Waals surface area (Å²) in [5.41, 5.74) is 10.3. The second kappa shape index (κ2) is 6.22. The Morgan fingerprint density at radius 1 is 1.50 bits per heavy atom. The van der Waals surface area contributed by atoms with E-state index in [9.17, 15) is 4.79 Å². The normalized spacial score (nSPS) is 15.1. The minimum absolute atomic E-state index is 0. The molecule has 5 heteroatoms. The van der Waals surface area contributed by atoms with E-state index in [4.69, 9.17) is 16.6 Å². The fraction of sp³-hybridized carbons (Fsp3) is 0.857. The highest BCUT2D eigenvalue weighted by Crippen LogP contribution is 2.05. The summed E-state index contributed by atoms with van der Waals surface area (Å²) in [7, 11) is 0. The van der Waals surface area contributed by atoms with Crippen molar-refractivity contribution in [2.24, 2.45) is 17.4 Å². The molecule has 1 amide bonds. The summed E-state index contributed by atoms with van der Waals surface area (Å²) in [5.74, 6) is -0.392. The lowest BCUT2D eigenvalue weighted by Crippen LogP contribution is -2.44. The van der Waals surface area contributed by atoms with Crippen LogP contribution in [-0.2, 0) is 4.79 Å².